The molecule has 1 aromatic carbocycles. The average molecular weight is 297 g/mol. The number of amides is 1. The number of benzene rings is 1. The third-order valence-corrected chi connectivity index (χ3v) is 3.77. The van der Waals surface area contributed by atoms with E-state index in [4.69, 9.17) is 0 Å². The van der Waals surface area contributed by atoms with Gasteiger partial charge in [0.2, 0.25) is 0 Å². The molecular formula is C16H15N3O3. The van der Waals surface area contributed by atoms with Crippen LogP contribution in [0, 0.1) is 10.1 Å². The number of hydrogen-bond donors (Lipinski definition) is 0. The SMILES string of the molecule is O=C(c1ccc([N+](=O)[O-])cc1)N1CCCCc2ncccc21. The fourth-order valence-electron chi connectivity index (χ4n) is 2.64. The van der Waals surface area contributed by atoms with Crippen molar-refractivity contribution in [1.29, 1.82) is 0 Å². The fourth-order valence-corrected chi connectivity index (χ4v) is 2.64. The quantitative estimate of drug-likeness (QED) is 0.630. The van der Waals surface area contributed by atoms with Crippen LogP contribution in [0.5, 0.6) is 0 Å². The van der Waals surface area contributed by atoms with Crippen LogP contribution in [-0.2, 0) is 6.42 Å². The van der Waals surface area contributed by atoms with Crippen LogP contribution < -0.4 is 4.90 Å². The maximum Gasteiger partial charge on any atom is 0.269 e. The van der Waals surface area contributed by atoms with Gasteiger partial charge in [0.15, 0.2) is 0 Å². The molecule has 0 atom stereocenters. The van der Waals surface area contributed by atoms with E-state index >= 15 is 0 Å². The second-order valence-corrected chi connectivity index (χ2v) is 5.19. The first-order valence-corrected chi connectivity index (χ1v) is 7.17. The molecule has 1 aliphatic heterocycles. The van der Waals surface area contributed by atoms with Gasteiger partial charge in [0.05, 0.1) is 16.3 Å². The maximum atomic E-state index is 12.7. The lowest BCUT2D eigenvalue weighted by Crippen LogP contribution is -2.31. The zero-order chi connectivity index (χ0) is 15.5. The lowest BCUT2D eigenvalue weighted by molar-refractivity contribution is -0.384. The number of carbonyl (C=O) groups is 1. The maximum absolute atomic E-state index is 12.7. The van der Waals surface area contributed by atoms with Crippen LogP contribution in [0.1, 0.15) is 28.9 Å². The topological polar surface area (TPSA) is 76.3 Å². The number of carbonyl (C=O) groups excluding carboxylic acids is 1. The van der Waals surface area contributed by atoms with Gasteiger partial charge in [-0.3, -0.25) is 19.9 Å². The van der Waals surface area contributed by atoms with Crippen LogP contribution in [0.25, 0.3) is 0 Å². The Kier molecular flexibility index (Phi) is 3.82. The van der Waals surface area contributed by atoms with Crippen molar-refractivity contribution in [2.75, 3.05) is 11.4 Å². The predicted molar refractivity (Wildman–Crippen MR) is 81.9 cm³/mol. The summed E-state index contributed by atoms with van der Waals surface area (Å²) < 4.78 is 0. The molecule has 0 fully saturated rings. The van der Waals surface area contributed by atoms with Gasteiger partial charge in [-0.15, -0.1) is 0 Å². The normalized spacial score (nSPS) is 14.1. The van der Waals surface area contributed by atoms with Crippen LogP contribution in [0.2, 0.25) is 0 Å². The number of nitro benzene ring substituents is 1. The van der Waals surface area contributed by atoms with E-state index in [0.717, 1.165) is 30.6 Å². The molecule has 0 saturated heterocycles. The van der Waals surface area contributed by atoms with Gasteiger partial charge in [0.25, 0.3) is 11.6 Å². The highest BCUT2D eigenvalue weighted by Crippen LogP contribution is 2.26. The minimum absolute atomic E-state index is 0.0190. The highest BCUT2D eigenvalue weighted by molar-refractivity contribution is 6.06. The van der Waals surface area contributed by atoms with E-state index in [9.17, 15) is 14.9 Å². The molecule has 0 unspecified atom stereocenters. The number of aryl methyl sites for hydroxylation is 1. The van der Waals surface area contributed by atoms with Crippen molar-refractivity contribution in [3.63, 3.8) is 0 Å². The molecular weight excluding hydrogens is 282 g/mol. The summed E-state index contributed by atoms with van der Waals surface area (Å²) in [5.41, 5.74) is 2.19. The molecule has 3 rings (SSSR count). The second kappa shape index (κ2) is 5.93. The number of non-ortho nitro benzene ring substituents is 1. The van der Waals surface area contributed by atoms with E-state index in [1.54, 1.807) is 11.1 Å². The van der Waals surface area contributed by atoms with E-state index in [0.29, 0.717) is 12.1 Å². The van der Waals surface area contributed by atoms with Gasteiger partial charge in [0.1, 0.15) is 0 Å². The van der Waals surface area contributed by atoms with Crippen molar-refractivity contribution in [2.24, 2.45) is 0 Å². The van der Waals surface area contributed by atoms with E-state index < -0.39 is 4.92 Å². The average Bonchev–Trinajstić information content (AvgIpc) is 2.76. The standard InChI is InChI=1S/C16H15N3O3/c20-16(12-6-8-13(9-7-12)19(21)22)18-11-2-1-4-14-15(18)5-3-10-17-14/h3,5-10H,1-2,4,11H2. The van der Waals surface area contributed by atoms with Crippen LogP contribution in [-0.4, -0.2) is 22.4 Å². The molecule has 1 amide bonds. The Morgan fingerprint density at radius 1 is 1.18 bits per heavy atom. The van der Waals surface area contributed by atoms with Crippen molar-refractivity contribution in [3.8, 4) is 0 Å². The molecule has 6 heteroatoms. The Morgan fingerprint density at radius 2 is 1.95 bits per heavy atom. The van der Waals surface area contributed by atoms with Gasteiger partial charge in [-0.25, -0.2) is 0 Å². The number of nitro groups is 1. The van der Waals surface area contributed by atoms with E-state index in [1.807, 2.05) is 12.1 Å². The molecule has 0 bridgehead atoms. The highest BCUT2D eigenvalue weighted by Gasteiger charge is 2.23. The number of nitrogens with zero attached hydrogens (tertiary/aromatic N) is 3. The molecule has 0 radical (unpaired) electrons. The fraction of sp³-hybridized carbons (Fsp3) is 0.250. The smallest absolute Gasteiger partial charge is 0.269 e. The monoisotopic (exact) mass is 297 g/mol. The van der Waals surface area contributed by atoms with Crippen LogP contribution in [0.3, 0.4) is 0 Å². The van der Waals surface area contributed by atoms with Crippen molar-refractivity contribution in [3.05, 3.63) is 64.0 Å². The van der Waals surface area contributed by atoms with Gasteiger partial charge in [-0.05, 0) is 43.5 Å². The Morgan fingerprint density at radius 3 is 2.68 bits per heavy atom. The first-order valence-electron chi connectivity index (χ1n) is 7.17. The molecule has 0 saturated carbocycles. The van der Waals surface area contributed by atoms with Gasteiger partial charge in [-0.2, -0.15) is 0 Å². The van der Waals surface area contributed by atoms with Crippen molar-refractivity contribution in [2.45, 2.75) is 19.3 Å². The summed E-state index contributed by atoms with van der Waals surface area (Å²) in [7, 11) is 0. The summed E-state index contributed by atoms with van der Waals surface area (Å²) in [6.07, 6.45) is 4.50. The minimum Gasteiger partial charge on any atom is -0.307 e. The van der Waals surface area contributed by atoms with E-state index in [1.165, 1.54) is 24.3 Å². The predicted octanol–water partition coefficient (Wildman–Crippen LogP) is 2.97. The van der Waals surface area contributed by atoms with Crippen LogP contribution in [0.15, 0.2) is 42.6 Å². The van der Waals surface area contributed by atoms with Gasteiger partial charge in [0, 0.05) is 30.4 Å². The Labute approximate surface area is 127 Å². The number of fused-ring (bicyclic) bond motifs is 1. The van der Waals surface area contributed by atoms with Crippen molar-refractivity contribution >= 4 is 17.3 Å². The molecule has 22 heavy (non-hydrogen) atoms. The molecule has 112 valence electrons. The van der Waals surface area contributed by atoms with Crippen molar-refractivity contribution < 1.29 is 9.72 Å². The Balaban J connectivity index is 1.93. The lowest BCUT2D eigenvalue weighted by Gasteiger charge is -2.22. The zero-order valence-corrected chi connectivity index (χ0v) is 11.9. The first-order chi connectivity index (χ1) is 10.7. The third kappa shape index (κ3) is 2.67. The van der Waals surface area contributed by atoms with Gasteiger partial charge < -0.3 is 4.90 Å². The molecule has 2 aromatic rings. The van der Waals surface area contributed by atoms with Gasteiger partial charge >= 0.3 is 0 Å². The molecule has 0 spiro atoms. The van der Waals surface area contributed by atoms with Gasteiger partial charge in [-0.1, -0.05) is 0 Å². The molecule has 1 aromatic heterocycles. The Hall–Kier alpha value is -2.76. The summed E-state index contributed by atoms with van der Waals surface area (Å²) in [6, 6.07) is 9.43. The number of aromatic nitrogens is 1. The lowest BCUT2D eigenvalue weighted by atomic mass is 10.1. The summed E-state index contributed by atoms with van der Waals surface area (Å²) >= 11 is 0. The number of pyridine rings is 1. The summed E-state index contributed by atoms with van der Waals surface area (Å²) in [6.45, 7) is 0.633. The minimum atomic E-state index is -0.473. The largest absolute Gasteiger partial charge is 0.307 e. The Bertz CT molecular complexity index is 713. The number of anilines is 1. The molecule has 2 heterocycles. The molecule has 0 N–H and O–H groups in total. The van der Waals surface area contributed by atoms with Crippen molar-refractivity contribution in [1.82, 2.24) is 4.98 Å². The summed E-state index contributed by atoms with van der Waals surface area (Å²) in [5.74, 6) is -0.147. The molecule has 6 nitrogen and oxygen atoms in total. The zero-order valence-electron chi connectivity index (χ0n) is 11.9. The van der Waals surface area contributed by atoms with E-state index in [2.05, 4.69) is 4.98 Å². The highest BCUT2D eigenvalue weighted by atomic mass is 16.6. The number of rotatable bonds is 2. The number of hydrogen-bond acceptors (Lipinski definition) is 4. The first kappa shape index (κ1) is 14.2. The second-order valence-electron chi connectivity index (χ2n) is 5.19. The molecule has 0 aliphatic carbocycles. The summed E-state index contributed by atoms with van der Waals surface area (Å²) in [5, 5.41) is 10.7. The van der Waals surface area contributed by atoms with Crippen LogP contribution >= 0.6 is 0 Å². The third-order valence-electron chi connectivity index (χ3n) is 3.77. The summed E-state index contributed by atoms with van der Waals surface area (Å²) in [4.78, 5) is 29.0. The van der Waals surface area contributed by atoms with E-state index in [-0.39, 0.29) is 11.6 Å². The van der Waals surface area contributed by atoms with Crippen LogP contribution in [0.4, 0.5) is 11.4 Å². The molecule has 1 aliphatic rings.